The van der Waals surface area contributed by atoms with E-state index in [4.69, 9.17) is 34.8 Å². The van der Waals surface area contributed by atoms with E-state index in [0.29, 0.717) is 5.92 Å². The second kappa shape index (κ2) is 2.06. The van der Waals surface area contributed by atoms with Crippen LogP contribution in [0, 0.1) is 11.8 Å². The molecule has 2 rings (SSSR count). The third kappa shape index (κ3) is 0.760. The van der Waals surface area contributed by atoms with Crippen LogP contribution in [0.5, 0.6) is 0 Å². The van der Waals surface area contributed by atoms with E-state index >= 15 is 0 Å². The van der Waals surface area contributed by atoms with Gasteiger partial charge in [0.15, 0.2) is 0 Å². The van der Waals surface area contributed by atoms with Crippen LogP contribution in [0.4, 0.5) is 0 Å². The van der Waals surface area contributed by atoms with Gasteiger partial charge in [0.05, 0.1) is 5.38 Å². The topological polar surface area (TPSA) is 0 Å². The maximum atomic E-state index is 6.00. The molecule has 0 N–H and O–H groups in total. The standard InChI is InChI=1S/C7H7Cl3/c8-6-4-1-2-5(3-4)7(6,9)10/h1-2,4-6H,3H2. The molecule has 56 valence electrons. The molecule has 0 aromatic rings. The molecule has 3 unspecified atom stereocenters. The van der Waals surface area contributed by atoms with Crippen LogP contribution < -0.4 is 0 Å². The highest BCUT2D eigenvalue weighted by atomic mass is 35.5. The van der Waals surface area contributed by atoms with E-state index in [1.807, 2.05) is 0 Å². The van der Waals surface area contributed by atoms with Crippen LogP contribution in [-0.2, 0) is 0 Å². The Balaban J connectivity index is 2.35. The van der Waals surface area contributed by atoms with Crippen molar-refractivity contribution < 1.29 is 0 Å². The number of alkyl halides is 3. The monoisotopic (exact) mass is 196 g/mol. The molecule has 10 heavy (non-hydrogen) atoms. The number of fused-ring (bicyclic) bond motifs is 2. The SMILES string of the molecule is ClC1C2C=CC(C2)C1(Cl)Cl. The molecule has 1 saturated carbocycles. The van der Waals surface area contributed by atoms with Crippen molar-refractivity contribution in [1.29, 1.82) is 0 Å². The summed E-state index contributed by atoms with van der Waals surface area (Å²) in [6.45, 7) is 0. The summed E-state index contributed by atoms with van der Waals surface area (Å²) in [7, 11) is 0. The molecule has 0 nitrogen and oxygen atoms in total. The van der Waals surface area contributed by atoms with Gasteiger partial charge in [-0.2, -0.15) is 0 Å². The van der Waals surface area contributed by atoms with Crippen LogP contribution >= 0.6 is 34.8 Å². The van der Waals surface area contributed by atoms with Crippen LogP contribution in [-0.4, -0.2) is 9.71 Å². The lowest BCUT2D eigenvalue weighted by Crippen LogP contribution is -2.30. The fraction of sp³-hybridized carbons (Fsp3) is 0.714. The first-order valence-corrected chi connectivity index (χ1v) is 4.52. The number of allylic oxidation sites excluding steroid dienone is 2. The molecule has 0 aromatic carbocycles. The molecule has 1 fully saturated rings. The minimum absolute atomic E-state index is 0.0918. The average Bonchev–Trinajstić information content (AvgIpc) is 2.37. The molecule has 0 spiro atoms. The van der Waals surface area contributed by atoms with Crippen molar-refractivity contribution in [3.8, 4) is 0 Å². The van der Waals surface area contributed by atoms with Crippen molar-refractivity contribution in [2.24, 2.45) is 11.8 Å². The molecule has 0 radical (unpaired) electrons. The average molecular weight is 197 g/mol. The van der Waals surface area contributed by atoms with Crippen molar-refractivity contribution in [2.45, 2.75) is 16.1 Å². The lowest BCUT2D eigenvalue weighted by Gasteiger charge is -2.25. The van der Waals surface area contributed by atoms with Gasteiger partial charge in [-0.15, -0.1) is 11.6 Å². The van der Waals surface area contributed by atoms with Gasteiger partial charge >= 0.3 is 0 Å². The van der Waals surface area contributed by atoms with Gasteiger partial charge in [-0.25, -0.2) is 0 Å². The highest BCUT2D eigenvalue weighted by molar-refractivity contribution is 6.53. The molecule has 3 heteroatoms. The Labute approximate surface area is 75.1 Å². The molecule has 3 atom stereocenters. The summed E-state index contributed by atoms with van der Waals surface area (Å²) in [5, 5.41) is -0.0918. The third-order valence-electron chi connectivity index (χ3n) is 2.35. The van der Waals surface area contributed by atoms with E-state index in [2.05, 4.69) is 12.2 Å². The molecular formula is C7H7Cl3. The normalized spacial score (nSPS) is 48.5. The van der Waals surface area contributed by atoms with E-state index in [-0.39, 0.29) is 11.3 Å². The van der Waals surface area contributed by atoms with Crippen LogP contribution in [0.15, 0.2) is 12.2 Å². The summed E-state index contributed by atoms with van der Waals surface area (Å²) in [6.07, 6.45) is 5.22. The Morgan fingerprint density at radius 3 is 2.30 bits per heavy atom. The molecular weight excluding hydrogens is 190 g/mol. The predicted molar refractivity (Wildman–Crippen MR) is 44.8 cm³/mol. The van der Waals surface area contributed by atoms with Crippen LogP contribution in [0.25, 0.3) is 0 Å². The van der Waals surface area contributed by atoms with Gasteiger partial charge in [-0.3, -0.25) is 0 Å². The lowest BCUT2D eigenvalue weighted by molar-refractivity contribution is 0.657. The van der Waals surface area contributed by atoms with Gasteiger partial charge in [-0.05, 0) is 12.3 Å². The smallest absolute Gasteiger partial charge is 0.119 e. The Kier molecular flexibility index (Phi) is 1.50. The molecule has 0 amide bonds. The summed E-state index contributed by atoms with van der Waals surface area (Å²) < 4.78 is -0.707. The maximum absolute atomic E-state index is 6.00. The summed E-state index contributed by atoms with van der Waals surface area (Å²) >= 11 is 18.0. The predicted octanol–water partition coefficient (Wildman–Crippen LogP) is 2.97. The summed E-state index contributed by atoms with van der Waals surface area (Å²) in [4.78, 5) is 0. The Morgan fingerprint density at radius 1 is 1.30 bits per heavy atom. The highest BCUT2D eigenvalue weighted by Crippen LogP contribution is 2.54. The zero-order valence-electron chi connectivity index (χ0n) is 5.23. The van der Waals surface area contributed by atoms with Crippen LogP contribution in [0.3, 0.4) is 0 Å². The van der Waals surface area contributed by atoms with E-state index in [1.165, 1.54) is 0 Å². The minimum Gasteiger partial charge on any atom is -0.119 e. The van der Waals surface area contributed by atoms with Crippen molar-refractivity contribution in [3.05, 3.63) is 12.2 Å². The Hall–Kier alpha value is 0.610. The molecule has 0 aromatic heterocycles. The Bertz CT molecular complexity index is 185. The second-order valence-corrected chi connectivity index (χ2v) is 4.88. The van der Waals surface area contributed by atoms with Crippen molar-refractivity contribution in [3.63, 3.8) is 0 Å². The minimum atomic E-state index is -0.707. The van der Waals surface area contributed by atoms with Crippen molar-refractivity contribution >= 4 is 34.8 Å². The third-order valence-corrected chi connectivity index (χ3v) is 4.28. The Morgan fingerprint density at radius 2 is 2.00 bits per heavy atom. The molecule has 2 bridgehead atoms. The lowest BCUT2D eigenvalue weighted by atomic mass is 10.1. The number of rotatable bonds is 0. The maximum Gasteiger partial charge on any atom is 0.141 e. The van der Waals surface area contributed by atoms with E-state index < -0.39 is 4.33 Å². The molecule has 0 saturated heterocycles. The molecule has 2 aliphatic carbocycles. The second-order valence-electron chi connectivity index (χ2n) is 2.97. The summed E-state index contributed by atoms with van der Waals surface area (Å²) in [5.41, 5.74) is 0. The summed E-state index contributed by atoms with van der Waals surface area (Å²) in [5.74, 6) is 0.685. The largest absolute Gasteiger partial charge is 0.141 e. The fourth-order valence-corrected chi connectivity index (χ4v) is 2.72. The molecule has 0 aliphatic heterocycles. The first-order valence-electron chi connectivity index (χ1n) is 3.32. The fourth-order valence-electron chi connectivity index (χ4n) is 1.72. The van der Waals surface area contributed by atoms with Crippen molar-refractivity contribution in [2.75, 3.05) is 0 Å². The first kappa shape index (κ1) is 7.27. The summed E-state index contributed by atoms with van der Waals surface area (Å²) in [6, 6.07) is 0. The van der Waals surface area contributed by atoms with Crippen LogP contribution in [0.1, 0.15) is 6.42 Å². The van der Waals surface area contributed by atoms with E-state index in [1.54, 1.807) is 0 Å². The van der Waals surface area contributed by atoms with Crippen molar-refractivity contribution in [1.82, 2.24) is 0 Å². The molecule has 0 heterocycles. The van der Waals surface area contributed by atoms with Gasteiger partial charge in [0.1, 0.15) is 4.33 Å². The van der Waals surface area contributed by atoms with E-state index in [9.17, 15) is 0 Å². The zero-order chi connectivity index (χ0) is 7.35. The quantitative estimate of drug-likeness (QED) is 0.414. The van der Waals surface area contributed by atoms with Gasteiger partial charge < -0.3 is 0 Å². The molecule has 2 aliphatic rings. The zero-order valence-corrected chi connectivity index (χ0v) is 7.50. The highest BCUT2D eigenvalue weighted by Gasteiger charge is 2.53. The van der Waals surface area contributed by atoms with E-state index in [0.717, 1.165) is 6.42 Å². The van der Waals surface area contributed by atoms with Gasteiger partial charge in [0.2, 0.25) is 0 Å². The van der Waals surface area contributed by atoms with Gasteiger partial charge in [0.25, 0.3) is 0 Å². The van der Waals surface area contributed by atoms with Gasteiger partial charge in [0, 0.05) is 5.92 Å². The first-order chi connectivity index (χ1) is 4.62. The number of hydrogen-bond donors (Lipinski definition) is 0. The number of hydrogen-bond acceptors (Lipinski definition) is 0. The van der Waals surface area contributed by atoms with Crippen LogP contribution in [0.2, 0.25) is 0 Å². The van der Waals surface area contributed by atoms with Gasteiger partial charge in [-0.1, -0.05) is 35.4 Å². The number of halogens is 3.